The number of nitrogens with zero attached hydrogens (tertiary/aromatic N) is 1. The van der Waals surface area contributed by atoms with Crippen molar-refractivity contribution in [2.24, 2.45) is 0 Å². The minimum absolute atomic E-state index is 0.0862. The number of ketones is 2. The number of aromatic amines is 1. The summed E-state index contributed by atoms with van der Waals surface area (Å²) in [6.07, 6.45) is -2.80. The summed E-state index contributed by atoms with van der Waals surface area (Å²) in [5, 5.41) is 20.9. The Kier molecular flexibility index (Phi) is 7.17. The Morgan fingerprint density at radius 1 is 1.44 bits per heavy atom. The Morgan fingerprint density at radius 3 is 2.67 bits per heavy atom. The van der Waals surface area contributed by atoms with Crippen LogP contribution in [-0.4, -0.2) is 60.9 Å². The average molecular weight is 486 g/mol. The molecule has 2 heterocycles. The fraction of sp³-hybridized carbons (Fsp3) is 0.467. The molecular formula is C15H15BrCl2N2O7. The first-order valence-corrected chi connectivity index (χ1v) is 9.54. The van der Waals surface area contributed by atoms with Crippen LogP contribution in [0.25, 0.3) is 6.08 Å². The predicted octanol–water partition coefficient (Wildman–Crippen LogP) is -0.102. The number of ether oxygens (including phenoxy) is 1. The van der Waals surface area contributed by atoms with Gasteiger partial charge in [0.2, 0.25) is 0 Å². The predicted molar refractivity (Wildman–Crippen MR) is 100 cm³/mol. The van der Waals surface area contributed by atoms with Crippen LogP contribution in [-0.2, 0) is 14.3 Å². The van der Waals surface area contributed by atoms with Crippen molar-refractivity contribution in [1.82, 2.24) is 9.55 Å². The number of alkyl halides is 2. The molecule has 4 atom stereocenters. The summed E-state index contributed by atoms with van der Waals surface area (Å²) in [5.41, 5.74) is -3.76. The second-order valence-corrected chi connectivity index (χ2v) is 6.85. The van der Waals surface area contributed by atoms with Gasteiger partial charge >= 0.3 is 5.69 Å². The quantitative estimate of drug-likeness (QED) is 0.458. The van der Waals surface area contributed by atoms with E-state index in [1.54, 1.807) is 0 Å². The second-order valence-electron chi connectivity index (χ2n) is 5.78. The highest BCUT2D eigenvalue weighted by Crippen LogP contribution is 2.39. The number of halogens is 3. The molecule has 0 saturated carbocycles. The van der Waals surface area contributed by atoms with Gasteiger partial charge in [-0.15, -0.1) is 23.2 Å². The van der Waals surface area contributed by atoms with Gasteiger partial charge in [0.25, 0.3) is 5.56 Å². The molecule has 1 aliphatic rings. The number of carbonyl (C=O) groups excluding carboxylic acids is 2. The number of aliphatic hydroxyl groups is 2. The number of rotatable bonds is 7. The molecule has 0 bridgehead atoms. The van der Waals surface area contributed by atoms with Crippen LogP contribution in [0, 0.1) is 0 Å². The first-order chi connectivity index (χ1) is 12.7. The highest BCUT2D eigenvalue weighted by molar-refractivity contribution is 9.11. The van der Waals surface area contributed by atoms with Gasteiger partial charge in [-0.1, -0.05) is 15.9 Å². The van der Waals surface area contributed by atoms with Gasteiger partial charge in [-0.25, -0.2) is 4.79 Å². The summed E-state index contributed by atoms with van der Waals surface area (Å²) in [5.74, 6) is -2.95. The van der Waals surface area contributed by atoms with Crippen molar-refractivity contribution >= 4 is 56.8 Å². The Bertz CT molecular complexity index is 884. The third-order valence-corrected chi connectivity index (χ3v) is 4.93. The van der Waals surface area contributed by atoms with E-state index in [2.05, 4.69) is 20.9 Å². The van der Waals surface area contributed by atoms with Gasteiger partial charge in [0.15, 0.2) is 17.2 Å². The molecule has 0 aromatic carbocycles. The number of aromatic nitrogens is 2. The third-order valence-electron chi connectivity index (χ3n) is 4.16. The standard InChI is InChI=1S/C15H15BrCl2N2O7/c16-2-1-7-6-20(14(25)19-13(7)24)10-3-15(26,9(22)5-18)12(27-10)11(23)8(21)4-17/h1-2,6,10-12,23,26H,3-5H2,(H,19,24,25)/t10-,11?,12-,15-/m1/s1. The topological polar surface area (TPSA) is 139 Å². The molecule has 27 heavy (non-hydrogen) atoms. The fourth-order valence-corrected chi connectivity index (χ4v) is 3.42. The highest BCUT2D eigenvalue weighted by atomic mass is 79.9. The maximum absolute atomic E-state index is 12.2. The summed E-state index contributed by atoms with van der Waals surface area (Å²) in [7, 11) is 0. The van der Waals surface area contributed by atoms with E-state index >= 15 is 0 Å². The van der Waals surface area contributed by atoms with E-state index in [-0.39, 0.29) is 5.56 Å². The molecule has 12 heteroatoms. The molecule has 0 radical (unpaired) electrons. The number of hydrogen-bond donors (Lipinski definition) is 3. The molecule has 0 spiro atoms. The van der Waals surface area contributed by atoms with Gasteiger partial charge in [-0.05, 0) is 11.1 Å². The molecule has 1 aromatic rings. The molecular weight excluding hydrogens is 471 g/mol. The van der Waals surface area contributed by atoms with Crippen LogP contribution in [0.15, 0.2) is 20.8 Å². The molecule has 9 nitrogen and oxygen atoms in total. The number of H-pyrrole nitrogens is 1. The molecule has 148 valence electrons. The third kappa shape index (κ3) is 4.25. The highest BCUT2D eigenvalue weighted by Gasteiger charge is 2.56. The molecule has 0 aliphatic carbocycles. The van der Waals surface area contributed by atoms with Gasteiger partial charge in [-0.3, -0.25) is 23.9 Å². The molecule has 1 fully saturated rings. The van der Waals surface area contributed by atoms with E-state index in [0.29, 0.717) is 0 Å². The molecule has 0 amide bonds. The van der Waals surface area contributed by atoms with E-state index in [1.807, 2.05) is 0 Å². The van der Waals surface area contributed by atoms with E-state index in [0.717, 1.165) is 10.8 Å². The summed E-state index contributed by atoms with van der Waals surface area (Å²) in [4.78, 5) is 51.3. The average Bonchev–Trinajstić information content (AvgIpc) is 3.00. The van der Waals surface area contributed by atoms with Crippen molar-refractivity contribution in [2.45, 2.75) is 30.5 Å². The summed E-state index contributed by atoms with van der Waals surface area (Å²) in [6, 6.07) is 0. The van der Waals surface area contributed by atoms with Crippen molar-refractivity contribution in [2.75, 3.05) is 11.8 Å². The summed E-state index contributed by atoms with van der Waals surface area (Å²) < 4.78 is 6.41. The lowest BCUT2D eigenvalue weighted by molar-refractivity contribution is -0.158. The SMILES string of the molecule is O=C(CCl)C(O)[C@H]1O[C@@H](n2cc(C=CBr)c(=O)[nH]c2=O)C[C@@]1(O)C(=O)CCl. The maximum atomic E-state index is 12.2. The Morgan fingerprint density at radius 2 is 2.11 bits per heavy atom. The maximum Gasteiger partial charge on any atom is 0.330 e. The van der Waals surface area contributed by atoms with Gasteiger partial charge in [0.1, 0.15) is 18.4 Å². The van der Waals surface area contributed by atoms with Crippen LogP contribution >= 0.6 is 39.1 Å². The number of carbonyl (C=O) groups is 2. The Labute approximate surface area is 170 Å². The molecule has 1 aliphatic heterocycles. The number of aliphatic hydroxyl groups excluding tert-OH is 1. The van der Waals surface area contributed by atoms with E-state index in [9.17, 15) is 29.4 Å². The second kappa shape index (κ2) is 8.80. The van der Waals surface area contributed by atoms with E-state index in [4.69, 9.17) is 27.9 Å². The monoisotopic (exact) mass is 484 g/mol. The lowest BCUT2D eigenvalue weighted by atomic mass is 9.86. The van der Waals surface area contributed by atoms with E-state index < -0.39 is 65.0 Å². The smallest absolute Gasteiger partial charge is 0.330 e. The number of hydrogen-bond acceptors (Lipinski definition) is 7. The zero-order valence-electron chi connectivity index (χ0n) is 13.6. The molecule has 3 N–H and O–H groups in total. The van der Waals surface area contributed by atoms with Gasteiger partial charge in [0, 0.05) is 12.6 Å². The summed E-state index contributed by atoms with van der Waals surface area (Å²) >= 11 is 14.0. The van der Waals surface area contributed by atoms with Crippen molar-refractivity contribution in [1.29, 1.82) is 0 Å². The van der Waals surface area contributed by atoms with Gasteiger partial charge in [-0.2, -0.15) is 0 Å². The van der Waals surface area contributed by atoms with Crippen molar-refractivity contribution < 1.29 is 24.5 Å². The molecule has 1 saturated heterocycles. The number of Topliss-reactive ketones (excluding diaryl/α,β-unsaturated/α-hetero) is 2. The van der Waals surface area contributed by atoms with Crippen LogP contribution in [0.4, 0.5) is 0 Å². The van der Waals surface area contributed by atoms with Crippen LogP contribution in [0.2, 0.25) is 0 Å². The largest absolute Gasteiger partial charge is 0.382 e. The molecule has 2 rings (SSSR count). The van der Waals surface area contributed by atoms with Gasteiger partial charge < -0.3 is 14.9 Å². The van der Waals surface area contributed by atoms with Crippen LogP contribution in [0.1, 0.15) is 18.2 Å². The first kappa shape index (κ1) is 22.0. The number of nitrogens with one attached hydrogen (secondary N) is 1. The lowest BCUT2D eigenvalue weighted by Gasteiger charge is -2.28. The first-order valence-electron chi connectivity index (χ1n) is 7.55. The van der Waals surface area contributed by atoms with Crippen LogP contribution in [0.5, 0.6) is 0 Å². The van der Waals surface area contributed by atoms with Crippen LogP contribution in [0.3, 0.4) is 0 Å². The zero-order chi connectivity index (χ0) is 20.4. The zero-order valence-corrected chi connectivity index (χ0v) is 16.7. The minimum Gasteiger partial charge on any atom is -0.382 e. The lowest BCUT2D eigenvalue weighted by Crippen LogP contribution is -2.54. The molecule has 1 aromatic heterocycles. The Balaban J connectivity index is 2.51. The normalized spacial score (nSPS) is 26.4. The minimum atomic E-state index is -2.32. The van der Waals surface area contributed by atoms with Crippen LogP contribution < -0.4 is 11.2 Å². The summed E-state index contributed by atoms with van der Waals surface area (Å²) in [6.45, 7) is 0. The van der Waals surface area contributed by atoms with Crippen molar-refractivity contribution in [3.05, 3.63) is 37.6 Å². The fourth-order valence-electron chi connectivity index (χ4n) is 2.75. The van der Waals surface area contributed by atoms with Crippen molar-refractivity contribution in [3.8, 4) is 0 Å². The van der Waals surface area contributed by atoms with Gasteiger partial charge in [0.05, 0.1) is 17.3 Å². The molecule has 1 unspecified atom stereocenters. The van der Waals surface area contributed by atoms with E-state index in [1.165, 1.54) is 11.1 Å². The Hall–Kier alpha value is -1.30. The van der Waals surface area contributed by atoms with Crippen molar-refractivity contribution in [3.63, 3.8) is 0 Å².